The Hall–Kier alpha value is -2.69. The lowest BCUT2D eigenvalue weighted by Crippen LogP contribution is -2.05. The van der Waals surface area contributed by atoms with Crippen molar-refractivity contribution < 1.29 is 4.74 Å². The summed E-state index contributed by atoms with van der Waals surface area (Å²) in [6, 6.07) is 11.4. The molecule has 0 spiro atoms. The van der Waals surface area contributed by atoms with E-state index in [1.54, 1.807) is 12.3 Å². The number of pyridine rings is 1. The average molecular weight is 266 g/mol. The summed E-state index contributed by atoms with van der Waals surface area (Å²) in [6.07, 6.45) is 1.75. The molecular weight excluding hydrogens is 252 g/mol. The van der Waals surface area contributed by atoms with Crippen molar-refractivity contribution in [2.45, 2.75) is 13.5 Å². The van der Waals surface area contributed by atoms with Gasteiger partial charge in [0.1, 0.15) is 23.7 Å². The molecule has 5 nitrogen and oxygen atoms in total. The summed E-state index contributed by atoms with van der Waals surface area (Å²) in [7, 11) is 0. The molecule has 0 unspecified atom stereocenters. The number of anilines is 1. The van der Waals surface area contributed by atoms with Crippen molar-refractivity contribution in [3.05, 3.63) is 54.1 Å². The molecule has 0 saturated heterocycles. The minimum Gasteiger partial charge on any atom is -0.483 e. The third-order valence-electron chi connectivity index (χ3n) is 2.87. The van der Waals surface area contributed by atoms with Crippen LogP contribution in [-0.2, 0) is 6.61 Å². The quantitative estimate of drug-likeness (QED) is 0.788. The van der Waals surface area contributed by atoms with E-state index in [9.17, 15) is 0 Å². The Bertz CT molecular complexity index is 732. The number of nitrogens with two attached hydrogens (primary N) is 1. The molecule has 3 aromatic rings. The van der Waals surface area contributed by atoms with E-state index in [1.165, 1.54) is 0 Å². The van der Waals surface area contributed by atoms with Gasteiger partial charge in [0.2, 0.25) is 0 Å². The minimum absolute atomic E-state index is 0.265. The van der Waals surface area contributed by atoms with Gasteiger partial charge in [0.15, 0.2) is 5.82 Å². The maximum atomic E-state index is 5.77. The van der Waals surface area contributed by atoms with E-state index in [-0.39, 0.29) is 6.61 Å². The standard InChI is InChI=1S/C15H14N4O/c1-10-8-13(16)19-14(18-10)9-20-12-6-2-4-11-5-3-7-17-15(11)12/h2-8H,9H2,1H3,(H2,16,18,19). The summed E-state index contributed by atoms with van der Waals surface area (Å²) in [5.74, 6) is 1.73. The van der Waals surface area contributed by atoms with Crippen molar-refractivity contribution >= 4 is 16.7 Å². The van der Waals surface area contributed by atoms with Gasteiger partial charge >= 0.3 is 0 Å². The molecule has 0 saturated carbocycles. The van der Waals surface area contributed by atoms with Gasteiger partial charge in [-0.1, -0.05) is 18.2 Å². The van der Waals surface area contributed by atoms with E-state index >= 15 is 0 Å². The highest BCUT2D eigenvalue weighted by molar-refractivity contribution is 5.84. The lowest BCUT2D eigenvalue weighted by molar-refractivity contribution is 0.299. The fraction of sp³-hybridized carbons (Fsp3) is 0.133. The smallest absolute Gasteiger partial charge is 0.168 e. The first-order chi connectivity index (χ1) is 9.72. The molecule has 2 N–H and O–H groups in total. The lowest BCUT2D eigenvalue weighted by atomic mass is 10.2. The first kappa shape index (κ1) is 12.3. The van der Waals surface area contributed by atoms with Crippen LogP contribution >= 0.6 is 0 Å². The van der Waals surface area contributed by atoms with Gasteiger partial charge in [-0.3, -0.25) is 4.98 Å². The average Bonchev–Trinajstić information content (AvgIpc) is 2.44. The molecule has 100 valence electrons. The highest BCUT2D eigenvalue weighted by atomic mass is 16.5. The maximum absolute atomic E-state index is 5.77. The van der Waals surface area contributed by atoms with Crippen LogP contribution < -0.4 is 10.5 Å². The summed E-state index contributed by atoms with van der Waals surface area (Å²) >= 11 is 0. The van der Waals surface area contributed by atoms with Crippen LogP contribution in [0.4, 0.5) is 5.82 Å². The van der Waals surface area contributed by atoms with Crippen molar-refractivity contribution in [3.63, 3.8) is 0 Å². The summed E-state index contributed by atoms with van der Waals surface area (Å²) in [6.45, 7) is 2.14. The van der Waals surface area contributed by atoms with E-state index in [2.05, 4.69) is 15.0 Å². The number of aromatic nitrogens is 3. The molecule has 0 aliphatic rings. The number of para-hydroxylation sites is 1. The van der Waals surface area contributed by atoms with Crippen LogP contribution in [0.25, 0.3) is 10.9 Å². The molecule has 2 heterocycles. The molecule has 0 atom stereocenters. The Morgan fingerprint density at radius 2 is 2.00 bits per heavy atom. The van der Waals surface area contributed by atoms with Crippen LogP contribution in [0.15, 0.2) is 42.6 Å². The monoisotopic (exact) mass is 266 g/mol. The van der Waals surface area contributed by atoms with Gasteiger partial charge in [0.05, 0.1) is 0 Å². The number of fused-ring (bicyclic) bond motifs is 1. The van der Waals surface area contributed by atoms with E-state index in [0.29, 0.717) is 17.4 Å². The van der Waals surface area contributed by atoms with Gasteiger partial charge < -0.3 is 10.5 Å². The zero-order valence-electron chi connectivity index (χ0n) is 11.1. The molecule has 0 fully saturated rings. The first-order valence-electron chi connectivity index (χ1n) is 6.29. The summed E-state index contributed by atoms with van der Waals surface area (Å²) in [5, 5.41) is 1.04. The van der Waals surface area contributed by atoms with E-state index in [4.69, 9.17) is 10.5 Å². The SMILES string of the molecule is Cc1cc(N)nc(COc2cccc3cccnc23)n1. The minimum atomic E-state index is 0.265. The number of ether oxygens (including phenoxy) is 1. The highest BCUT2D eigenvalue weighted by Gasteiger charge is 2.05. The van der Waals surface area contributed by atoms with Gasteiger partial charge in [-0.05, 0) is 19.1 Å². The number of aryl methyl sites for hydroxylation is 1. The van der Waals surface area contributed by atoms with Crippen LogP contribution in [0, 0.1) is 6.92 Å². The second kappa shape index (κ2) is 5.13. The molecule has 3 rings (SSSR count). The Morgan fingerprint density at radius 1 is 1.15 bits per heavy atom. The van der Waals surface area contributed by atoms with Crippen molar-refractivity contribution in [2.75, 3.05) is 5.73 Å². The second-order valence-corrected chi connectivity index (χ2v) is 4.47. The first-order valence-corrected chi connectivity index (χ1v) is 6.29. The molecule has 0 aliphatic heterocycles. The van der Waals surface area contributed by atoms with Gasteiger partial charge in [-0.25, -0.2) is 9.97 Å². The Labute approximate surface area is 116 Å². The maximum Gasteiger partial charge on any atom is 0.168 e. The Balaban J connectivity index is 1.87. The van der Waals surface area contributed by atoms with Gasteiger partial charge in [0.25, 0.3) is 0 Å². The van der Waals surface area contributed by atoms with Gasteiger partial charge in [0, 0.05) is 23.3 Å². The zero-order chi connectivity index (χ0) is 13.9. The number of benzene rings is 1. The topological polar surface area (TPSA) is 73.9 Å². The molecule has 0 bridgehead atoms. The van der Waals surface area contributed by atoms with Crippen molar-refractivity contribution in [2.24, 2.45) is 0 Å². The summed E-state index contributed by atoms with van der Waals surface area (Å²) < 4.78 is 5.77. The lowest BCUT2D eigenvalue weighted by Gasteiger charge is -2.08. The number of hydrogen-bond acceptors (Lipinski definition) is 5. The van der Waals surface area contributed by atoms with Crippen LogP contribution in [0.2, 0.25) is 0 Å². The van der Waals surface area contributed by atoms with E-state index in [0.717, 1.165) is 16.6 Å². The third-order valence-corrected chi connectivity index (χ3v) is 2.87. The fourth-order valence-electron chi connectivity index (χ4n) is 2.06. The number of hydrogen-bond donors (Lipinski definition) is 1. The summed E-state index contributed by atoms with van der Waals surface area (Å²) in [4.78, 5) is 12.8. The molecule has 0 aliphatic carbocycles. The van der Waals surface area contributed by atoms with Crippen molar-refractivity contribution in [1.29, 1.82) is 0 Å². The van der Waals surface area contributed by atoms with Crippen LogP contribution in [0.3, 0.4) is 0 Å². The Kier molecular flexibility index (Phi) is 3.16. The van der Waals surface area contributed by atoms with Gasteiger partial charge in [-0.15, -0.1) is 0 Å². The second-order valence-electron chi connectivity index (χ2n) is 4.47. The van der Waals surface area contributed by atoms with Gasteiger partial charge in [-0.2, -0.15) is 0 Å². The van der Waals surface area contributed by atoms with Crippen molar-refractivity contribution in [3.8, 4) is 5.75 Å². The normalized spacial score (nSPS) is 10.7. The number of nitrogen functional groups attached to an aromatic ring is 1. The molecule has 20 heavy (non-hydrogen) atoms. The van der Waals surface area contributed by atoms with E-state index < -0.39 is 0 Å². The molecule has 0 radical (unpaired) electrons. The predicted octanol–water partition coefficient (Wildman–Crippen LogP) is 2.49. The highest BCUT2D eigenvalue weighted by Crippen LogP contribution is 2.23. The molecule has 5 heteroatoms. The van der Waals surface area contributed by atoms with Crippen LogP contribution in [-0.4, -0.2) is 15.0 Å². The van der Waals surface area contributed by atoms with Crippen LogP contribution in [0.1, 0.15) is 11.5 Å². The largest absolute Gasteiger partial charge is 0.483 e. The molecule has 1 aromatic carbocycles. The number of nitrogens with zero attached hydrogens (tertiary/aromatic N) is 3. The van der Waals surface area contributed by atoms with Crippen LogP contribution in [0.5, 0.6) is 5.75 Å². The Morgan fingerprint density at radius 3 is 2.85 bits per heavy atom. The fourth-order valence-corrected chi connectivity index (χ4v) is 2.06. The van der Waals surface area contributed by atoms with Crippen molar-refractivity contribution in [1.82, 2.24) is 15.0 Å². The van der Waals surface area contributed by atoms with E-state index in [1.807, 2.05) is 37.3 Å². The molecular formula is C15H14N4O. The molecule has 0 amide bonds. The number of rotatable bonds is 3. The third kappa shape index (κ3) is 2.51. The summed E-state index contributed by atoms with van der Waals surface area (Å²) in [5.41, 5.74) is 7.36. The predicted molar refractivity (Wildman–Crippen MR) is 77.3 cm³/mol. The zero-order valence-corrected chi connectivity index (χ0v) is 11.1. The molecule has 2 aromatic heterocycles.